The van der Waals surface area contributed by atoms with Gasteiger partial charge in [-0.25, -0.2) is 0 Å². The van der Waals surface area contributed by atoms with E-state index in [4.69, 9.17) is 4.74 Å². The minimum atomic E-state index is -0.440. The first kappa shape index (κ1) is 15.5. The Morgan fingerprint density at radius 3 is 2.58 bits per heavy atom. The van der Waals surface area contributed by atoms with Gasteiger partial charge in [0.05, 0.1) is 19.6 Å². The van der Waals surface area contributed by atoms with Gasteiger partial charge in [-0.2, -0.15) is 0 Å². The maximum atomic E-state index is 11.4. The summed E-state index contributed by atoms with van der Waals surface area (Å²) in [5, 5.41) is 2.46. The van der Waals surface area contributed by atoms with Crippen LogP contribution in [0.1, 0.15) is 13.3 Å². The van der Waals surface area contributed by atoms with Gasteiger partial charge in [0.15, 0.2) is 0 Å². The van der Waals surface area contributed by atoms with E-state index in [-0.39, 0.29) is 25.5 Å². The van der Waals surface area contributed by atoms with E-state index in [2.05, 4.69) is 26.0 Å². The Labute approximate surface area is 120 Å². The summed E-state index contributed by atoms with van der Waals surface area (Å²) < 4.78 is 11.0. The topological polar surface area (TPSA) is 64.6 Å². The lowest BCUT2D eigenvalue weighted by molar-refractivity contribution is -0.143. The molecule has 0 fully saturated rings. The largest absolute Gasteiger partial charge is 0.493 e. The van der Waals surface area contributed by atoms with Gasteiger partial charge in [-0.15, -0.1) is 0 Å². The molecule has 1 aromatic carbocycles. The molecule has 0 radical (unpaired) electrons. The van der Waals surface area contributed by atoms with Crippen LogP contribution < -0.4 is 10.1 Å². The lowest BCUT2D eigenvalue weighted by Crippen LogP contribution is -2.31. The lowest BCUT2D eigenvalue weighted by atomic mass is 10.3. The van der Waals surface area contributed by atoms with E-state index in [9.17, 15) is 9.59 Å². The number of halogens is 1. The van der Waals surface area contributed by atoms with Gasteiger partial charge in [0.1, 0.15) is 12.3 Å². The molecule has 1 aromatic rings. The van der Waals surface area contributed by atoms with Gasteiger partial charge in [-0.05, 0) is 31.2 Å². The van der Waals surface area contributed by atoms with Gasteiger partial charge in [0, 0.05) is 4.47 Å². The zero-order valence-electron chi connectivity index (χ0n) is 10.6. The Bertz CT molecular complexity index is 419. The molecule has 0 heterocycles. The van der Waals surface area contributed by atoms with Crippen LogP contribution in [0, 0.1) is 0 Å². The molecule has 0 saturated carbocycles. The van der Waals surface area contributed by atoms with E-state index in [1.807, 2.05) is 12.1 Å². The lowest BCUT2D eigenvalue weighted by Gasteiger charge is -2.07. The number of carbonyl (C=O) groups excluding carboxylic acids is 2. The number of nitrogens with one attached hydrogen (secondary N) is 1. The minimum absolute atomic E-state index is 0.106. The number of esters is 1. The highest BCUT2D eigenvalue weighted by Gasteiger charge is 2.06. The Morgan fingerprint density at radius 2 is 1.95 bits per heavy atom. The molecule has 0 atom stereocenters. The van der Waals surface area contributed by atoms with E-state index in [1.165, 1.54) is 0 Å². The monoisotopic (exact) mass is 329 g/mol. The van der Waals surface area contributed by atoms with E-state index >= 15 is 0 Å². The fourth-order valence-corrected chi connectivity index (χ4v) is 1.53. The summed E-state index contributed by atoms with van der Waals surface area (Å²) in [7, 11) is 0. The normalized spacial score (nSPS) is 9.79. The summed E-state index contributed by atoms with van der Waals surface area (Å²) in [6.07, 6.45) is 0.190. The van der Waals surface area contributed by atoms with Gasteiger partial charge in [0.25, 0.3) is 0 Å². The van der Waals surface area contributed by atoms with Crippen LogP contribution in [0.5, 0.6) is 5.75 Å². The van der Waals surface area contributed by atoms with Crippen LogP contribution in [0.4, 0.5) is 0 Å². The first-order chi connectivity index (χ1) is 9.11. The van der Waals surface area contributed by atoms with Gasteiger partial charge >= 0.3 is 5.97 Å². The smallest absolute Gasteiger partial charge is 0.325 e. The van der Waals surface area contributed by atoms with Crippen LogP contribution in [-0.4, -0.2) is 31.6 Å². The maximum Gasteiger partial charge on any atom is 0.325 e. The first-order valence-electron chi connectivity index (χ1n) is 5.92. The van der Waals surface area contributed by atoms with Crippen molar-refractivity contribution >= 4 is 27.8 Å². The Balaban J connectivity index is 2.16. The molecule has 1 amide bonds. The Kier molecular flexibility index (Phi) is 6.95. The summed E-state index contributed by atoms with van der Waals surface area (Å²) in [6.45, 7) is 2.18. The minimum Gasteiger partial charge on any atom is -0.493 e. The van der Waals surface area contributed by atoms with E-state index in [1.54, 1.807) is 19.1 Å². The standard InChI is InChI=1S/C13H16BrNO4/c1-2-18-13(17)9-15-12(16)7-8-19-11-5-3-10(14)4-6-11/h3-6H,2,7-9H2,1H3,(H,15,16). The van der Waals surface area contributed by atoms with Gasteiger partial charge < -0.3 is 14.8 Å². The zero-order valence-corrected chi connectivity index (χ0v) is 12.2. The second-order valence-electron chi connectivity index (χ2n) is 3.63. The Morgan fingerprint density at radius 1 is 1.26 bits per heavy atom. The maximum absolute atomic E-state index is 11.4. The molecule has 6 heteroatoms. The molecule has 0 aliphatic rings. The number of ether oxygens (including phenoxy) is 2. The number of carbonyl (C=O) groups is 2. The van der Waals surface area contributed by atoms with Crippen LogP contribution in [-0.2, 0) is 14.3 Å². The summed E-state index contributed by atoms with van der Waals surface area (Å²) in [5.41, 5.74) is 0. The van der Waals surface area contributed by atoms with Crippen molar-refractivity contribution in [3.63, 3.8) is 0 Å². The third-order valence-electron chi connectivity index (χ3n) is 2.15. The van der Waals surface area contributed by atoms with E-state index < -0.39 is 5.97 Å². The third-order valence-corrected chi connectivity index (χ3v) is 2.68. The molecule has 19 heavy (non-hydrogen) atoms. The predicted molar refractivity (Wildman–Crippen MR) is 73.9 cm³/mol. The molecule has 5 nitrogen and oxygen atoms in total. The average molecular weight is 330 g/mol. The number of hydrogen-bond donors (Lipinski definition) is 1. The molecular weight excluding hydrogens is 314 g/mol. The van der Waals surface area contributed by atoms with Crippen molar-refractivity contribution in [2.45, 2.75) is 13.3 Å². The van der Waals surface area contributed by atoms with Crippen LogP contribution in [0.3, 0.4) is 0 Å². The molecule has 104 valence electrons. The molecule has 0 aliphatic heterocycles. The summed E-state index contributed by atoms with van der Waals surface area (Å²) in [6, 6.07) is 7.33. The fraction of sp³-hybridized carbons (Fsp3) is 0.385. The molecule has 1 N–H and O–H groups in total. The van der Waals surface area contributed by atoms with Crippen molar-refractivity contribution in [2.75, 3.05) is 19.8 Å². The fourth-order valence-electron chi connectivity index (χ4n) is 1.26. The molecule has 0 aliphatic carbocycles. The molecule has 0 spiro atoms. The second kappa shape index (κ2) is 8.53. The number of amides is 1. The third kappa shape index (κ3) is 6.81. The van der Waals surface area contributed by atoms with Crippen LogP contribution in [0.2, 0.25) is 0 Å². The quantitative estimate of drug-likeness (QED) is 0.776. The van der Waals surface area contributed by atoms with Gasteiger partial charge in [0.2, 0.25) is 5.91 Å². The van der Waals surface area contributed by atoms with Gasteiger partial charge in [-0.3, -0.25) is 9.59 Å². The molecule has 0 saturated heterocycles. The second-order valence-corrected chi connectivity index (χ2v) is 4.55. The summed E-state index contributed by atoms with van der Waals surface area (Å²) >= 11 is 3.32. The summed E-state index contributed by atoms with van der Waals surface area (Å²) in [5.74, 6) is 0.0104. The van der Waals surface area contributed by atoms with Crippen molar-refractivity contribution in [3.05, 3.63) is 28.7 Å². The van der Waals surface area contributed by atoms with Crippen LogP contribution in [0.15, 0.2) is 28.7 Å². The molecule has 0 aromatic heterocycles. The molecule has 0 unspecified atom stereocenters. The number of benzene rings is 1. The van der Waals surface area contributed by atoms with Gasteiger partial charge in [-0.1, -0.05) is 15.9 Å². The van der Waals surface area contributed by atoms with E-state index in [0.29, 0.717) is 12.4 Å². The molecular formula is C13H16BrNO4. The number of hydrogen-bond acceptors (Lipinski definition) is 4. The number of rotatable bonds is 7. The molecule has 0 bridgehead atoms. The van der Waals surface area contributed by atoms with Crippen molar-refractivity contribution in [1.29, 1.82) is 0 Å². The Hall–Kier alpha value is -1.56. The van der Waals surface area contributed by atoms with E-state index in [0.717, 1.165) is 4.47 Å². The zero-order chi connectivity index (χ0) is 14.1. The highest BCUT2D eigenvalue weighted by Crippen LogP contribution is 2.15. The molecule has 1 rings (SSSR count). The first-order valence-corrected chi connectivity index (χ1v) is 6.71. The van der Waals surface area contributed by atoms with Crippen molar-refractivity contribution in [3.8, 4) is 5.75 Å². The van der Waals surface area contributed by atoms with Crippen molar-refractivity contribution in [2.24, 2.45) is 0 Å². The summed E-state index contributed by atoms with van der Waals surface area (Å²) in [4.78, 5) is 22.4. The highest BCUT2D eigenvalue weighted by molar-refractivity contribution is 9.10. The van der Waals surface area contributed by atoms with Crippen molar-refractivity contribution in [1.82, 2.24) is 5.32 Å². The van der Waals surface area contributed by atoms with Crippen molar-refractivity contribution < 1.29 is 19.1 Å². The SMILES string of the molecule is CCOC(=O)CNC(=O)CCOc1ccc(Br)cc1. The average Bonchev–Trinajstić information content (AvgIpc) is 2.39. The highest BCUT2D eigenvalue weighted by atomic mass is 79.9. The predicted octanol–water partition coefficient (Wildman–Crippen LogP) is 1.90. The van der Waals surface area contributed by atoms with Crippen LogP contribution >= 0.6 is 15.9 Å². The van der Waals surface area contributed by atoms with Crippen LogP contribution in [0.25, 0.3) is 0 Å².